The van der Waals surface area contributed by atoms with Crippen LogP contribution in [0.25, 0.3) is 10.9 Å². The second-order valence-corrected chi connectivity index (χ2v) is 9.63. The smallest absolute Gasteiger partial charge is 0.355 e. The van der Waals surface area contributed by atoms with Gasteiger partial charge in [-0.3, -0.25) is 0 Å². The Bertz CT molecular complexity index is 1330. The molecule has 212 valence electrons. The van der Waals surface area contributed by atoms with Crippen LogP contribution in [0.4, 0.5) is 0 Å². The maximum Gasteiger partial charge on any atom is 0.355 e. The van der Waals surface area contributed by atoms with Crippen LogP contribution >= 0.6 is 0 Å². The molecule has 0 aliphatic rings. The highest BCUT2D eigenvalue weighted by atomic mass is 16.7. The first-order chi connectivity index (χ1) is 19.5. The van der Waals surface area contributed by atoms with Gasteiger partial charge in [0.25, 0.3) is 0 Å². The average Bonchev–Trinajstić information content (AvgIpc) is 3.29. The first kappa shape index (κ1) is 29.1. The third-order valence-electron chi connectivity index (χ3n) is 6.65. The lowest BCUT2D eigenvalue weighted by atomic mass is 9.83. The van der Waals surface area contributed by atoms with Crippen LogP contribution in [0.15, 0.2) is 72.8 Å². The van der Waals surface area contributed by atoms with Crippen LogP contribution in [0, 0.1) is 0 Å². The minimum Gasteiger partial charge on any atom is -0.468 e. The number of para-hydroxylation sites is 1. The fourth-order valence-corrected chi connectivity index (χ4v) is 4.87. The molecule has 0 amide bonds. The number of benzene rings is 3. The van der Waals surface area contributed by atoms with Crippen LogP contribution in [0.5, 0.6) is 11.5 Å². The van der Waals surface area contributed by atoms with Crippen molar-refractivity contribution in [3.05, 3.63) is 95.2 Å². The molecule has 1 aromatic heterocycles. The lowest BCUT2D eigenvalue weighted by molar-refractivity contribution is 0.0506. The van der Waals surface area contributed by atoms with Gasteiger partial charge in [0.1, 0.15) is 17.2 Å². The Morgan fingerprint density at radius 1 is 0.825 bits per heavy atom. The molecule has 0 atom stereocenters. The van der Waals surface area contributed by atoms with Crippen molar-refractivity contribution in [2.24, 2.45) is 0 Å². The first-order valence-electron chi connectivity index (χ1n) is 13.3. The number of esters is 1. The lowest BCUT2D eigenvalue weighted by Crippen LogP contribution is -2.22. The minimum absolute atomic E-state index is 0.165. The number of fused-ring (bicyclic) bond motifs is 1. The van der Waals surface area contributed by atoms with E-state index in [4.69, 9.17) is 23.7 Å². The highest BCUT2D eigenvalue weighted by molar-refractivity contribution is 6.00. The fraction of sp³-hybridized carbons (Fsp3) is 0.344. The summed E-state index contributed by atoms with van der Waals surface area (Å²) in [6.45, 7) is 3.86. The van der Waals surface area contributed by atoms with Crippen molar-refractivity contribution in [1.82, 2.24) is 9.47 Å². The van der Waals surface area contributed by atoms with Gasteiger partial charge in [-0.15, -0.1) is 0 Å². The van der Waals surface area contributed by atoms with Crippen LogP contribution in [0.3, 0.4) is 0 Å². The van der Waals surface area contributed by atoms with E-state index in [1.807, 2.05) is 81.7 Å². The molecule has 0 aliphatic heterocycles. The second-order valence-electron chi connectivity index (χ2n) is 9.63. The Kier molecular flexibility index (Phi) is 10.2. The maximum atomic E-state index is 13.7. The van der Waals surface area contributed by atoms with Gasteiger partial charge >= 0.3 is 5.97 Å². The molecule has 0 spiro atoms. The molecule has 8 heteroatoms. The van der Waals surface area contributed by atoms with Gasteiger partial charge in [-0.25, -0.2) is 4.79 Å². The number of methoxy groups -OCH3 is 2. The third-order valence-corrected chi connectivity index (χ3v) is 6.65. The summed E-state index contributed by atoms with van der Waals surface area (Å²) in [7, 11) is 7.24. The van der Waals surface area contributed by atoms with Crippen molar-refractivity contribution < 1.29 is 28.5 Å². The van der Waals surface area contributed by atoms with E-state index in [0.717, 1.165) is 34.1 Å². The molecule has 0 saturated heterocycles. The van der Waals surface area contributed by atoms with Gasteiger partial charge in [-0.05, 0) is 62.5 Å². The summed E-state index contributed by atoms with van der Waals surface area (Å²) in [6, 6.07) is 24.0. The van der Waals surface area contributed by atoms with Crippen LogP contribution in [0.2, 0.25) is 0 Å². The summed E-state index contributed by atoms with van der Waals surface area (Å²) >= 11 is 0. The molecule has 8 nitrogen and oxygen atoms in total. The van der Waals surface area contributed by atoms with E-state index in [0.29, 0.717) is 23.7 Å². The molecule has 4 rings (SSSR count). The molecule has 0 saturated carbocycles. The summed E-state index contributed by atoms with van der Waals surface area (Å²) in [5.41, 5.74) is 4.48. The van der Waals surface area contributed by atoms with E-state index in [2.05, 4.69) is 21.6 Å². The second kappa shape index (κ2) is 14.0. The summed E-state index contributed by atoms with van der Waals surface area (Å²) < 4.78 is 29.2. The Labute approximate surface area is 236 Å². The minimum atomic E-state index is -0.336. The molecule has 4 aromatic rings. The Morgan fingerprint density at radius 3 is 1.88 bits per heavy atom. The van der Waals surface area contributed by atoms with Crippen molar-refractivity contribution in [3.63, 3.8) is 0 Å². The normalized spacial score (nSPS) is 11.4. The molecule has 0 fully saturated rings. The van der Waals surface area contributed by atoms with E-state index in [1.54, 1.807) is 14.2 Å². The number of rotatable bonds is 14. The van der Waals surface area contributed by atoms with Gasteiger partial charge in [-0.1, -0.05) is 42.5 Å². The zero-order chi connectivity index (χ0) is 28.5. The van der Waals surface area contributed by atoms with Crippen molar-refractivity contribution in [1.29, 1.82) is 0 Å². The number of aromatic nitrogens is 1. The van der Waals surface area contributed by atoms with Gasteiger partial charge in [-0.2, -0.15) is 0 Å². The van der Waals surface area contributed by atoms with Crippen molar-refractivity contribution >= 4 is 16.9 Å². The Morgan fingerprint density at radius 2 is 1.38 bits per heavy atom. The molecular formula is C32H38N2O6. The zero-order valence-electron chi connectivity index (χ0n) is 23.9. The molecule has 3 aromatic carbocycles. The fourth-order valence-electron chi connectivity index (χ4n) is 4.87. The Balaban J connectivity index is 1.95. The number of nitrogens with zero attached hydrogens (tertiary/aromatic N) is 2. The van der Waals surface area contributed by atoms with Crippen molar-refractivity contribution in [2.75, 3.05) is 55.1 Å². The van der Waals surface area contributed by atoms with E-state index in [-0.39, 0.29) is 32.1 Å². The van der Waals surface area contributed by atoms with Gasteiger partial charge in [0.05, 0.1) is 6.61 Å². The number of carbonyl (C=O) groups is 1. The summed E-state index contributed by atoms with van der Waals surface area (Å²) in [5, 5.41) is 1.01. The number of hydrogen-bond acceptors (Lipinski definition) is 7. The van der Waals surface area contributed by atoms with E-state index in [9.17, 15) is 4.79 Å². The quantitative estimate of drug-likeness (QED) is 0.152. The standard InChI is InChI=1S/C32H38N2O6/c1-6-38-32(35)31-30(27-9-7-8-10-28(27)34(31)20-19-33(2)3)29(23-11-15-25(16-12-23)39-21-36-4)24-13-17-26(18-14-24)40-22-37-5/h7-18,29H,6,19-22H2,1-5H3. The van der Waals surface area contributed by atoms with Gasteiger partial charge in [0.2, 0.25) is 0 Å². The Hall–Kier alpha value is -3.85. The number of carbonyl (C=O) groups excluding carboxylic acids is 1. The number of ether oxygens (including phenoxy) is 5. The molecule has 0 aliphatic carbocycles. The molecule has 0 bridgehead atoms. The topological polar surface area (TPSA) is 71.4 Å². The highest BCUT2D eigenvalue weighted by Gasteiger charge is 2.31. The lowest BCUT2D eigenvalue weighted by Gasteiger charge is -2.21. The molecular weight excluding hydrogens is 508 g/mol. The van der Waals surface area contributed by atoms with E-state index in [1.165, 1.54) is 0 Å². The van der Waals surface area contributed by atoms with Crippen LogP contribution < -0.4 is 9.47 Å². The third kappa shape index (κ3) is 6.65. The maximum absolute atomic E-state index is 13.7. The predicted octanol–water partition coefficient (Wildman–Crippen LogP) is 5.53. The summed E-state index contributed by atoms with van der Waals surface area (Å²) in [4.78, 5) is 15.8. The predicted molar refractivity (Wildman–Crippen MR) is 155 cm³/mol. The monoisotopic (exact) mass is 546 g/mol. The van der Waals surface area contributed by atoms with Gasteiger partial charge in [0, 0.05) is 49.7 Å². The number of hydrogen-bond donors (Lipinski definition) is 0. The van der Waals surface area contributed by atoms with Crippen LogP contribution in [0.1, 0.15) is 40.0 Å². The van der Waals surface area contributed by atoms with E-state index < -0.39 is 0 Å². The molecule has 0 unspecified atom stereocenters. The summed E-state index contributed by atoms with van der Waals surface area (Å²) in [5.74, 6) is 0.800. The molecule has 1 heterocycles. The average molecular weight is 547 g/mol. The molecule has 0 radical (unpaired) electrons. The van der Waals surface area contributed by atoms with Crippen molar-refractivity contribution in [2.45, 2.75) is 19.4 Å². The first-order valence-corrected chi connectivity index (χ1v) is 13.3. The largest absolute Gasteiger partial charge is 0.468 e. The SMILES string of the molecule is CCOC(=O)c1c(C(c2ccc(OCOC)cc2)c2ccc(OCOC)cc2)c2ccccc2n1CCN(C)C. The van der Waals surface area contributed by atoms with E-state index >= 15 is 0 Å². The van der Waals surface area contributed by atoms with Crippen LogP contribution in [-0.4, -0.2) is 70.5 Å². The van der Waals surface area contributed by atoms with Gasteiger partial charge < -0.3 is 33.2 Å². The highest BCUT2D eigenvalue weighted by Crippen LogP contribution is 2.41. The summed E-state index contributed by atoms with van der Waals surface area (Å²) in [6.07, 6.45) is 0. The van der Waals surface area contributed by atoms with Crippen molar-refractivity contribution in [3.8, 4) is 11.5 Å². The van der Waals surface area contributed by atoms with Gasteiger partial charge in [0.15, 0.2) is 13.6 Å². The molecule has 0 N–H and O–H groups in total. The zero-order valence-corrected chi connectivity index (χ0v) is 23.9. The molecule has 40 heavy (non-hydrogen) atoms. The van der Waals surface area contributed by atoms with Crippen LogP contribution in [-0.2, 0) is 20.8 Å². The number of likely N-dealkylation sites (N-methyl/N-ethyl adjacent to an activating group) is 1.